The lowest BCUT2D eigenvalue weighted by atomic mass is 10.2. The van der Waals surface area contributed by atoms with Crippen LogP contribution in [0.15, 0.2) is 12.2 Å². The predicted molar refractivity (Wildman–Crippen MR) is 61.4 cm³/mol. The Morgan fingerprint density at radius 2 is 2.20 bits per heavy atom. The summed E-state index contributed by atoms with van der Waals surface area (Å²) in [5, 5.41) is 0. The van der Waals surface area contributed by atoms with Crippen molar-refractivity contribution >= 4 is 0 Å². The lowest BCUT2D eigenvalue weighted by molar-refractivity contribution is -0.161. The maximum Gasteiger partial charge on any atom is 0.157 e. The van der Waals surface area contributed by atoms with Gasteiger partial charge in [-0.25, -0.2) is 0 Å². The van der Waals surface area contributed by atoms with Crippen molar-refractivity contribution < 1.29 is 9.47 Å². The Morgan fingerprint density at radius 3 is 2.93 bits per heavy atom. The molecule has 1 atom stereocenters. The van der Waals surface area contributed by atoms with Crippen LogP contribution in [-0.2, 0) is 9.47 Å². The van der Waals surface area contributed by atoms with E-state index in [2.05, 4.69) is 18.1 Å². The smallest absolute Gasteiger partial charge is 0.157 e. The molecule has 0 aliphatic carbocycles. The van der Waals surface area contributed by atoms with E-state index in [1.807, 2.05) is 0 Å². The summed E-state index contributed by atoms with van der Waals surface area (Å²) < 4.78 is 11.0. The van der Waals surface area contributed by atoms with Crippen molar-refractivity contribution in [2.24, 2.45) is 0 Å². The molecule has 0 amide bonds. The minimum absolute atomic E-state index is 0.0397. The quantitative estimate of drug-likeness (QED) is 0.379. The first-order valence-corrected chi connectivity index (χ1v) is 5.75. The van der Waals surface area contributed by atoms with Crippen LogP contribution in [0.1, 0.15) is 38.5 Å². The molecule has 1 rings (SSSR count). The largest absolute Gasteiger partial charge is 0.353 e. The molecule has 0 aromatic carbocycles. The molecule has 1 aliphatic rings. The number of rotatable bonds is 6. The van der Waals surface area contributed by atoms with Gasteiger partial charge in [0, 0.05) is 13.0 Å². The number of allylic oxidation sites excluding steroid dienone is 1. The first kappa shape index (κ1) is 12.3. The van der Waals surface area contributed by atoms with Crippen LogP contribution in [0.4, 0.5) is 0 Å². The summed E-state index contributed by atoms with van der Waals surface area (Å²) in [4.78, 5) is 0. The molecule has 0 saturated carbocycles. The second-order valence-corrected chi connectivity index (χ2v) is 3.67. The monoisotopic (exact) mass is 208 g/mol. The van der Waals surface area contributed by atoms with Crippen LogP contribution in [0.25, 0.3) is 0 Å². The van der Waals surface area contributed by atoms with Gasteiger partial charge in [0.05, 0.1) is 6.61 Å². The van der Waals surface area contributed by atoms with Gasteiger partial charge in [-0.2, -0.15) is 0 Å². The Labute approximate surface area is 92.6 Å². The molecule has 0 aromatic heterocycles. The van der Waals surface area contributed by atoms with Crippen molar-refractivity contribution in [3.8, 4) is 12.3 Å². The SMILES string of the molecule is C#CCCC=CCCOC1CCCCO1. The fraction of sp³-hybridized carbons (Fsp3) is 0.692. The van der Waals surface area contributed by atoms with Gasteiger partial charge in [-0.3, -0.25) is 0 Å². The highest BCUT2D eigenvalue weighted by Gasteiger charge is 2.12. The molecule has 15 heavy (non-hydrogen) atoms. The van der Waals surface area contributed by atoms with Crippen LogP contribution >= 0.6 is 0 Å². The highest BCUT2D eigenvalue weighted by molar-refractivity contribution is 4.90. The summed E-state index contributed by atoms with van der Waals surface area (Å²) in [6.45, 7) is 1.60. The Morgan fingerprint density at radius 1 is 1.33 bits per heavy atom. The van der Waals surface area contributed by atoms with E-state index in [4.69, 9.17) is 15.9 Å². The van der Waals surface area contributed by atoms with E-state index in [9.17, 15) is 0 Å². The fourth-order valence-corrected chi connectivity index (χ4v) is 1.51. The molecule has 1 unspecified atom stereocenters. The third-order valence-electron chi connectivity index (χ3n) is 2.35. The first-order valence-electron chi connectivity index (χ1n) is 5.75. The Balaban J connectivity index is 1.92. The molecule has 1 aliphatic heterocycles. The number of terminal acetylenes is 1. The lowest BCUT2D eigenvalue weighted by Crippen LogP contribution is -2.22. The normalized spacial score (nSPS) is 21.7. The van der Waals surface area contributed by atoms with Crippen LogP contribution in [0, 0.1) is 12.3 Å². The first-order chi connectivity index (χ1) is 7.43. The third kappa shape index (κ3) is 6.33. The Bertz CT molecular complexity index is 209. The highest BCUT2D eigenvalue weighted by Crippen LogP contribution is 2.13. The molecule has 84 valence electrons. The number of ether oxygens (including phenoxy) is 2. The highest BCUT2D eigenvalue weighted by atomic mass is 16.7. The molecular formula is C13H20O2. The van der Waals surface area contributed by atoms with Crippen LogP contribution in [0.2, 0.25) is 0 Å². The van der Waals surface area contributed by atoms with E-state index >= 15 is 0 Å². The summed E-state index contributed by atoms with van der Waals surface area (Å²) >= 11 is 0. The summed E-state index contributed by atoms with van der Waals surface area (Å²) in [6.07, 6.45) is 15.6. The average Bonchev–Trinajstić information content (AvgIpc) is 2.29. The maximum atomic E-state index is 5.58. The molecule has 1 heterocycles. The van der Waals surface area contributed by atoms with Crippen molar-refractivity contribution in [1.82, 2.24) is 0 Å². The summed E-state index contributed by atoms with van der Waals surface area (Å²) in [7, 11) is 0. The second-order valence-electron chi connectivity index (χ2n) is 3.67. The topological polar surface area (TPSA) is 18.5 Å². The van der Waals surface area contributed by atoms with Crippen LogP contribution in [0.5, 0.6) is 0 Å². The van der Waals surface area contributed by atoms with Crippen LogP contribution in [-0.4, -0.2) is 19.5 Å². The van der Waals surface area contributed by atoms with E-state index in [0.29, 0.717) is 0 Å². The molecule has 2 heteroatoms. The van der Waals surface area contributed by atoms with Gasteiger partial charge in [-0.15, -0.1) is 12.3 Å². The standard InChI is InChI=1S/C13H20O2/c1-2-3-4-5-6-8-11-14-13-10-7-9-12-15-13/h1,5-6,13H,3-4,7-12H2. The zero-order valence-electron chi connectivity index (χ0n) is 9.28. The van der Waals surface area contributed by atoms with E-state index in [1.165, 1.54) is 12.8 Å². The summed E-state index contributed by atoms with van der Waals surface area (Å²) in [6, 6.07) is 0. The van der Waals surface area contributed by atoms with Crippen molar-refractivity contribution in [3.05, 3.63) is 12.2 Å². The maximum absolute atomic E-state index is 5.58. The Hall–Kier alpha value is -0.780. The molecule has 0 radical (unpaired) electrons. The minimum Gasteiger partial charge on any atom is -0.353 e. The van der Waals surface area contributed by atoms with Gasteiger partial charge in [-0.05, 0) is 32.1 Å². The minimum atomic E-state index is 0.0397. The average molecular weight is 208 g/mol. The number of hydrogen-bond acceptors (Lipinski definition) is 2. The van der Waals surface area contributed by atoms with Gasteiger partial charge >= 0.3 is 0 Å². The van der Waals surface area contributed by atoms with E-state index in [1.54, 1.807) is 0 Å². The predicted octanol–water partition coefficient (Wildman–Crippen LogP) is 2.89. The number of hydrogen-bond donors (Lipinski definition) is 0. The molecule has 1 fully saturated rings. The van der Waals surface area contributed by atoms with E-state index in [-0.39, 0.29) is 6.29 Å². The van der Waals surface area contributed by atoms with Gasteiger partial charge in [0.25, 0.3) is 0 Å². The second kappa shape index (κ2) is 8.52. The number of unbranched alkanes of at least 4 members (excludes halogenated alkanes) is 1. The van der Waals surface area contributed by atoms with E-state index in [0.717, 1.165) is 38.9 Å². The van der Waals surface area contributed by atoms with Crippen molar-refractivity contribution in [3.63, 3.8) is 0 Å². The van der Waals surface area contributed by atoms with Gasteiger partial charge in [0.2, 0.25) is 0 Å². The molecular weight excluding hydrogens is 188 g/mol. The van der Waals surface area contributed by atoms with Crippen LogP contribution in [0.3, 0.4) is 0 Å². The molecule has 0 spiro atoms. The Kier molecular flexibility index (Phi) is 6.98. The van der Waals surface area contributed by atoms with Crippen molar-refractivity contribution in [1.29, 1.82) is 0 Å². The fourth-order valence-electron chi connectivity index (χ4n) is 1.51. The molecule has 0 N–H and O–H groups in total. The third-order valence-corrected chi connectivity index (χ3v) is 2.35. The van der Waals surface area contributed by atoms with Gasteiger partial charge < -0.3 is 9.47 Å². The molecule has 1 saturated heterocycles. The van der Waals surface area contributed by atoms with Gasteiger partial charge in [0.15, 0.2) is 6.29 Å². The summed E-state index contributed by atoms with van der Waals surface area (Å²) in [5.74, 6) is 2.61. The summed E-state index contributed by atoms with van der Waals surface area (Å²) in [5.41, 5.74) is 0. The van der Waals surface area contributed by atoms with Crippen LogP contribution < -0.4 is 0 Å². The lowest BCUT2D eigenvalue weighted by Gasteiger charge is -2.22. The van der Waals surface area contributed by atoms with Crippen molar-refractivity contribution in [2.45, 2.75) is 44.8 Å². The molecule has 2 nitrogen and oxygen atoms in total. The van der Waals surface area contributed by atoms with Gasteiger partial charge in [0.1, 0.15) is 0 Å². The zero-order chi connectivity index (χ0) is 10.8. The zero-order valence-corrected chi connectivity index (χ0v) is 9.28. The van der Waals surface area contributed by atoms with Crippen molar-refractivity contribution in [2.75, 3.05) is 13.2 Å². The van der Waals surface area contributed by atoms with Gasteiger partial charge in [-0.1, -0.05) is 12.2 Å². The van der Waals surface area contributed by atoms with E-state index < -0.39 is 0 Å². The molecule has 0 bridgehead atoms. The molecule has 0 aromatic rings.